The maximum atomic E-state index is 13.4. The predicted octanol–water partition coefficient (Wildman–Crippen LogP) is 3.13. The minimum absolute atomic E-state index is 0.0163. The standard InChI is InChI=1S/C13H14F4N4/c1-6(2)12-20-10(11(18)21(12)19)7-3-8(13(15,16)17)5-9(14)4-7/h3-6H,18-19H2,1-2H3. The lowest BCUT2D eigenvalue weighted by Gasteiger charge is -2.08. The van der Waals surface area contributed by atoms with Crippen molar-refractivity contribution in [2.45, 2.75) is 25.9 Å². The van der Waals surface area contributed by atoms with Crippen molar-refractivity contribution in [3.8, 4) is 11.3 Å². The third kappa shape index (κ3) is 2.79. The summed E-state index contributed by atoms with van der Waals surface area (Å²) >= 11 is 0. The van der Waals surface area contributed by atoms with Crippen molar-refractivity contribution in [2.75, 3.05) is 11.6 Å². The molecule has 0 radical (unpaired) electrons. The fourth-order valence-corrected chi connectivity index (χ4v) is 1.97. The average molecular weight is 302 g/mol. The third-order valence-corrected chi connectivity index (χ3v) is 2.99. The summed E-state index contributed by atoms with van der Waals surface area (Å²) in [5, 5.41) is 0. The van der Waals surface area contributed by atoms with Crippen molar-refractivity contribution in [3.63, 3.8) is 0 Å². The van der Waals surface area contributed by atoms with Crippen molar-refractivity contribution >= 4 is 5.82 Å². The van der Waals surface area contributed by atoms with E-state index in [1.54, 1.807) is 0 Å². The van der Waals surface area contributed by atoms with Gasteiger partial charge in [-0.05, 0) is 18.2 Å². The first-order chi connectivity index (χ1) is 9.61. The van der Waals surface area contributed by atoms with Gasteiger partial charge in [-0.3, -0.25) is 0 Å². The Morgan fingerprint density at radius 3 is 2.29 bits per heavy atom. The van der Waals surface area contributed by atoms with E-state index in [1.807, 2.05) is 13.8 Å². The van der Waals surface area contributed by atoms with Gasteiger partial charge in [-0.2, -0.15) is 13.2 Å². The Morgan fingerprint density at radius 1 is 1.19 bits per heavy atom. The molecule has 0 spiro atoms. The Kier molecular flexibility index (Phi) is 3.56. The molecule has 1 aromatic carbocycles. The first-order valence-corrected chi connectivity index (χ1v) is 6.12. The van der Waals surface area contributed by atoms with Crippen LogP contribution >= 0.6 is 0 Å². The predicted molar refractivity (Wildman–Crippen MR) is 71.3 cm³/mol. The molecule has 0 aliphatic carbocycles. The van der Waals surface area contributed by atoms with Gasteiger partial charge >= 0.3 is 6.18 Å². The molecule has 4 nitrogen and oxygen atoms in total. The van der Waals surface area contributed by atoms with E-state index < -0.39 is 17.6 Å². The minimum Gasteiger partial charge on any atom is -0.382 e. The lowest BCUT2D eigenvalue weighted by Crippen LogP contribution is -2.16. The summed E-state index contributed by atoms with van der Waals surface area (Å²) in [4.78, 5) is 4.12. The highest BCUT2D eigenvalue weighted by atomic mass is 19.4. The molecular weight excluding hydrogens is 288 g/mol. The summed E-state index contributed by atoms with van der Waals surface area (Å²) < 4.78 is 52.7. The van der Waals surface area contributed by atoms with E-state index in [4.69, 9.17) is 11.6 Å². The van der Waals surface area contributed by atoms with E-state index in [9.17, 15) is 17.6 Å². The molecule has 0 amide bonds. The average Bonchev–Trinajstić information content (AvgIpc) is 2.65. The van der Waals surface area contributed by atoms with E-state index in [0.29, 0.717) is 11.9 Å². The minimum atomic E-state index is -4.65. The van der Waals surface area contributed by atoms with Gasteiger partial charge in [0.15, 0.2) is 5.82 Å². The topological polar surface area (TPSA) is 69.9 Å². The SMILES string of the molecule is CC(C)c1nc(-c2cc(F)cc(C(F)(F)F)c2)c(N)n1N. The zero-order valence-electron chi connectivity index (χ0n) is 11.4. The van der Waals surface area contributed by atoms with E-state index in [-0.39, 0.29) is 23.0 Å². The Balaban J connectivity index is 2.63. The second-order valence-corrected chi connectivity index (χ2v) is 4.95. The molecule has 0 saturated carbocycles. The number of alkyl halides is 3. The molecule has 2 rings (SSSR count). The van der Waals surface area contributed by atoms with Crippen LogP contribution in [0.15, 0.2) is 18.2 Å². The number of hydrogen-bond donors (Lipinski definition) is 2. The molecule has 0 fully saturated rings. The van der Waals surface area contributed by atoms with Gasteiger partial charge in [0.1, 0.15) is 17.3 Å². The molecule has 1 aromatic heterocycles. The first-order valence-electron chi connectivity index (χ1n) is 6.12. The zero-order valence-corrected chi connectivity index (χ0v) is 11.4. The third-order valence-electron chi connectivity index (χ3n) is 2.99. The molecule has 0 aliphatic rings. The number of nitrogens with zero attached hydrogens (tertiary/aromatic N) is 2. The number of rotatable bonds is 2. The normalized spacial score (nSPS) is 12.1. The monoisotopic (exact) mass is 302 g/mol. The summed E-state index contributed by atoms with van der Waals surface area (Å²) in [5.74, 6) is 5.01. The van der Waals surface area contributed by atoms with Gasteiger partial charge in [-0.1, -0.05) is 13.8 Å². The number of nitrogens with two attached hydrogens (primary N) is 2. The Bertz CT molecular complexity index is 674. The molecule has 21 heavy (non-hydrogen) atoms. The second-order valence-electron chi connectivity index (χ2n) is 4.95. The maximum absolute atomic E-state index is 13.4. The van der Waals surface area contributed by atoms with Crippen LogP contribution in [0.25, 0.3) is 11.3 Å². The maximum Gasteiger partial charge on any atom is 0.416 e. The van der Waals surface area contributed by atoms with E-state index >= 15 is 0 Å². The quantitative estimate of drug-likeness (QED) is 0.661. The Hall–Kier alpha value is -2.25. The molecule has 1 heterocycles. The van der Waals surface area contributed by atoms with Gasteiger partial charge in [0.2, 0.25) is 0 Å². The van der Waals surface area contributed by atoms with Crippen molar-refractivity contribution in [1.29, 1.82) is 0 Å². The lowest BCUT2D eigenvalue weighted by molar-refractivity contribution is -0.137. The summed E-state index contributed by atoms with van der Waals surface area (Å²) in [7, 11) is 0. The molecule has 2 aromatic rings. The molecule has 0 saturated heterocycles. The van der Waals surface area contributed by atoms with Gasteiger partial charge in [0.25, 0.3) is 0 Å². The summed E-state index contributed by atoms with van der Waals surface area (Å²) in [6.07, 6.45) is -4.65. The molecule has 4 N–H and O–H groups in total. The molecule has 0 atom stereocenters. The van der Waals surface area contributed by atoms with Crippen LogP contribution in [-0.4, -0.2) is 9.66 Å². The van der Waals surface area contributed by atoms with E-state index in [1.165, 1.54) is 0 Å². The van der Waals surface area contributed by atoms with Crippen molar-refractivity contribution in [1.82, 2.24) is 9.66 Å². The largest absolute Gasteiger partial charge is 0.416 e. The van der Waals surface area contributed by atoms with Crippen LogP contribution in [0.3, 0.4) is 0 Å². The zero-order chi connectivity index (χ0) is 15.9. The highest BCUT2D eigenvalue weighted by Gasteiger charge is 2.32. The molecule has 114 valence electrons. The highest BCUT2D eigenvalue weighted by Crippen LogP contribution is 2.35. The van der Waals surface area contributed by atoms with Crippen LogP contribution in [-0.2, 0) is 6.18 Å². The van der Waals surface area contributed by atoms with Crippen molar-refractivity contribution < 1.29 is 17.6 Å². The van der Waals surface area contributed by atoms with Crippen LogP contribution in [0, 0.1) is 5.82 Å². The molecule has 0 bridgehead atoms. The van der Waals surface area contributed by atoms with Crippen LogP contribution in [0.4, 0.5) is 23.4 Å². The molecule has 8 heteroatoms. The second kappa shape index (κ2) is 4.94. The number of aromatic nitrogens is 2. The van der Waals surface area contributed by atoms with Crippen LogP contribution in [0.5, 0.6) is 0 Å². The van der Waals surface area contributed by atoms with E-state index in [2.05, 4.69) is 4.98 Å². The van der Waals surface area contributed by atoms with Crippen LogP contribution in [0.2, 0.25) is 0 Å². The summed E-state index contributed by atoms with van der Waals surface area (Å²) in [6.45, 7) is 3.61. The first kappa shape index (κ1) is 15.1. The molecule has 0 aliphatic heterocycles. The van der Waals surface area contributed by atoms with Crippen molar-refractivity contribution in [3.05, 3.63) is 35.4 Å². The lowest BCUT2D eigenvalue weighted by atomic mass is 10.1. The number of nitrogen functional groups attached to an aromatic ring is 2. The number of halogens is 4. The highest BCUT2D eigenvalue weighted by molar-refractivity contribution is 5.72. The number of benzene rings is 1. The van der Waals surface area contributed by atoms with Gasteiger partial charge in [-0.25, -0.2) is 14.1 Å². The molecule has 0 unspecified atom stereocenters. The Morgan fingerprint density at radius 2 is 1.81 bits per heavy atom. The van der Waals surface area contributed by atoms with Crippen LogP contribution in [0.1, 0.15) is 31.2 Å². The van der Waals surface area contributed by atoms with Gasteiger partial charge in [0.05, 0.1) is 5.56 Å². The molecular formula is C13H14F4N4. The van der Waals surface area contributed by atoms with Gasteiger partial charge in [-0.15, -0.1) is 0 Å². The summed E-state index contributed by atoms with van der Waals surface area (Å²) in [6, 6.07) is 2.16. The van der Waals surface area contributed by atoms with Crippen molar-refractivity contribution in [2.24, 2.45) is 0 Å². The Labute approximate surface area is 118 Å². The smallest absolute Gasteiger partial charge is 0.382 e. The van der Waals surface area contributed by atoms with Crippen LogP contribution < -0.4 is 11.6 Å². The summed E-state index contributed by atoms with van der Waals surface area (Å²) in [5.41, 5.74) is 4.62. The van der Waals surface area contributed by atoms with Gasteiger partial charge in [0, 0.05) is 11.5 Å². The van der Waals surface area contributed by atoms with E-state index in [0.717, 1.165) is 16.8 Å². The fraction of sp³-hybridized carbons (Fsp3) is 0.308. The number of hydrogen-bond acceptors (Lipinski definition) is 3. The van der Waals surface area contributed by atoms with Gasteiger partial charge < -0.3 is 11.6 Å². The number of anilines is 1. The fourth-order valence-electron chi connectivity index (χ4n) is 1.97. The number of imidazole rings is 1.